The van der Waals surface area contributed by atoms with Crippen LogP contribution in [0.3, 0.4) is 0 Å². The lowest BCUT2D eigenvalue weighted by Gasteiger charge is -2.42. The fourth-order valence-corrected chi connectivity index (χ4v) is 3.41. The van der Waals surface area contributed by atoms with E-state index in [1.165, 1.54) is 6.42 Å². The number of nitrogens with one attached hydrogen (secondary N) is 1. The predicted octanol–water partition coefficient (Wildman–Crippen LogP) is 3.44. The van der Waals surface area contributed by atoms with E-state index in [1.54, 1.807) is 7.11 Å². The van der Waals surface area contributed by atoms with Gasteiger partial charge in [0.1, 0.15) is 0 Å². The minimum absolute atomic E-state index is 0.0128. The first-order valence-electron chi connectivity index (χ1n) is 6.54. The number of methoxy groups -OCH3 is 1. The van der Waals surface area contributed by atoms with Crippen LogP contribution in [0.15, 0.2) is 22.7 Å². The largest absolute Gasteiger partial charge is 0.378 e. The van der Waals surface area contributed by atoms with E-state index in [4.69, 9.17) is 22.2 Å². The summed E-state index contributed by atoms with van der Waals surface area (Å²) in [5.41, 5.74) is 4.02. The number of hydrogen-bond donors (Lipinski definition) is 2. The zero-order valence-electron chi connectivity index (χ0n) is 11.1. The molecule has 1 fully saturated rings. The van der Waals surface area contributed by atoms with Gasteiger partial charge >= 0.3 is 0 Å². The highest BCUT2D eigenvalue weighted by Crippen LogP contribution is 2.39. The van der Waals surface area contributed by atoms with Crippen LogP contribution in [-0.2, 0) is 11.2 Å². The first kappa shape index (κ1) is 15.3. The Balaban J connectivity index is 2.02. The molecule has 0 bridgehead atoms. The molecule has 5 heteroatoms. The lowest BCUT2D eigenvalue weighted by atomic mass is 9.75. The van der Waals surface area contributed by atoms with E-state index in [2.05, 4.69) is 21.4 Å². The van der Waals surface area contributed by atoms with Crippen molar-refractivity contribution in [3.05, 3.63) is 33.3 Å². The average molecular weight is 348 g/mol. The Labute approximate surface area is 127 Å². The number of hydrazine groups is 1. The summed E-state index contributed by atoms with van der Waals surface area (Å²) in [4.78, 5) is 0. The van der Waals surface area contributed by atoms with Crippen molar-refractivity contribution in [1.29, 1.82) is 0 Å². The summed E-state index contributed by atoms with van der Waals surface area (Å²) in [5.74, 6) is 5.68. The van der Waals surface area contributed by atoms with E-state index in [0.717, 1.165) is 40.7 Å². The summed E-state index contributed by atoms with van der Waals surface area (Å²) in [7, 11) is 1.79. The molecule has 1 unspecified atom stereocenters. The zero-order chi connectivity index (χ0) is 13.9. The lowest BCUT2D eigenvalue weighted by Crippen LogP contribution is -2.48. The van der Waals surface area contributed by atoms with Gasteiger partial charge in [0, 0.05) is 22.6 Å². The van der Waals surface area contributed by atoms with E-state index in [1.807, 2.05) is 18.2 Å². The van der Waals surface area contributed by atoms with Crippen LogP contribution >= 0.6 is 27.5 Å². The maximum Gasteiger partial charge on any atom is 0.0694 e. The molecule has 1 aromatic rings. The van der Waals surface area contributed by atoms with Crippen LogP contribution in [0, 0.1) is 0 Å². The fourth-order valence-electron chi connectivity index (χ4n) is 2.65. The molecule has 1 saturated carbocycles. The molecule has 1 atom stereocenters. The zero-order valence-corrected chi connectivity index (χ0v) is 13.4. The minimum Gasteiger partial charge on any atom is -0.378 e. The standard InChI is InChI=1S/C14H20BrClN2O/c1-19-14(5-2-6-14)9-12(18-17)7-10-3-4-11(15)8-13(10)16/h3-4,8,12,18H,2,5-7,9,17H2,1H3. The molecule has 0 radical (unpaired) electrons. The van der Waals surface area contributed by atoms with Crippen LogP contribution < -0.4 is 11.3 Å². The Bertz CT molecular complexity index is 432. The molecular formula is C14H20BrClN2O. The summed E-state index contributed by atoms with van der Waals surface area (Å²) in [6, 6.07) is 6.14. The number of hydrogen-bond acceptors (Lipinski definition) is 3. The normalized spacial score (nSPS) is 18.9. The van der Waals surface area contributed by atoms with Crippen LogP contribution in [-0.4, -0.2) is 18.8 Å². The van der Waals surface area contributed by atoms with Gasteiger partial charge in [0.15, 0.2) is 0 Å². The third-order valence-corrected chi connectivity index (χ3v) is 4.88. The monoisotopic (exact) mass is 346 g/mol. The second-order valence-electron chi connectivity index (χ2n) is 5.25. The van der Waals surface area contributed by atoms with Crippen LogP contribution in [0.4, 0.5) is 0 Å². The maximum absolute atomic E-state index is 6.25. The first-order chi connectivity index (χ1) is 9.08. The van der Waals surface area contributed by atoms with Crippen molar-refractivity contribution in [1.82, 2.24) is 5.43 Å². The second kappa shape index (κ2) is 6.55. The van der Waals surface area contributed by atoms with Crippen molar-refractivity contribution >= 4 is 27.5 Å². The molecule has 0 spiro atoms. The van der Waals surface area contributed by atoms with Gasteiger partial charge in [-0.15, -0.1) is 0 Å². The molecule has 0 amide bonds. The van der Waals surface area contributed by atoms with E-state index in [9.17, 15) is 0 Å². The second-order valence-corrected chi connectivity index (χ2v) is 6.57. The summed E-state index contributed by atoms with van der Waals surface area (Å²) in [5, 5.41) is 0.773. The van der Waals surface area contributed by atoms with E-state index < -0.39 is 0 Å². The van der Waals surface area contributed by atoms with Crippen molar-refractivity contribution in [3.63, 3.8) is 0 Å². The fraction of sp³-hybridized carbons (Fsp3) is 0.571. The molecule has 1 aromatic carbocycles. The molecule has 19 heavy (non-hydrogen) atoms. The van der Waals surface area contributed by atoms with Crippen LogP contribution in [0.1, 0.15) is 31.2 Å². The van der Waals surface area contributed by atoms with Gasteiger partial charge in [-0.25, -0.2) is 0 Å². The summed E-state index contributed by atoms with van der Waals surface area (Å²) in [6.07, 6.45) is 5.22. The average Bonchev–Trinajstić information content (AvgIpc) is 2.35. The molecule has 1 aliphatic carbocycles. The summed E-state index contributed by atoms with van der Waals surface area (Å²) >= 11 is 9.67. The van der Waals surface area contributed by atoms with Crippen molar-refractivity contribution in [3.8, 4) is 0 Å². The number of rotatable bonds is 6. The van der Waals surface area contributed by atoms with Crippen LogP contribution in [0.2, 0.25) is 5.02 Å². The lowest BCUT2D eigenvalue weighted by molar-refractivity contribution is -0.0834. The molecule has 0 aliphatic heterocycles. The van der Waals surface area contributed by atoms with Gasteiger partial charge in [-0.1, -0.05) is 33.6 Å². The Hall–Kier alpha value is -0.130. The molecule has 0 heterocycles. The molecule has 3 N–H and O–H groups in total. The molecular weight excluding hydrogens is 328 g/mol. The Morgan fingerprint density at radius 1 is 1.53 bits per heavy atom. The van der Waals surface area contributed by atoms with Gasteiger partial charge in [0.2, 0.25) is 0 Å². The molecule has 2 rings (SSSR count). The molecule has 106 valence electrons. The highest BCUT2D eigenvalue weighted by atomic mass is 79.9. The van der Waals surface area contributed by atoms with Crippen LogP contribution in [0.5, 0.6) is 0 Å². The Morgan fingerprint density at radius 3 is 2.74 bits per heavy atom. The quantitative estimate of drug-likeness (QED) is 0.612. The topological polar surface area (TPSA) is 47.3 Å². The molecule has 0 saturated heterocycles. The van der Waals surface area contributed by atoms with Gasteiger partial charge in [0.05, 0.1) is 5.60 Å². The SMILES string of the molecule is COC1(CC(Cc2ccc(Br)cc2Cl)NN)CCC1. The third-order valence-electron chi connectivity index (χ3n) is 4.03. The Morgan fingerprint density at radius 2 is 2.26 bits per heavy atom. The maximum atomic E-state index is 6.25. The summed E-state index contributed by atoms with van der Waals surface area (Å²) < 4.78 is 6.65. The van der Waals surface area contributed by atoms with Crippen LogP contribution in [0.25, 0.3) is 0 Å². The number of ether oxygens (including phenoxy) is 1. The van der Waals surface area contributed by atoms with E-state index >= 15 is 0 Å². The molecule has 1 aliphatic rings. The number of benzene rings is 1. The minimum atomic E-state index is 0.0128. The first-order valence-corrected chi connectivity index (χ1v) is 7.71. The number of halogens is 2. The van der Waals surface area contributed by atoms with Crippen molar-refractivity contribution in [2.75, 3.05) is 7.11 Å². The van der Waals surface area contributed by atoms with Crippen molar-refractivity contribution in [2.24, 2.45) is 5.84 Å². The van der Waals surface area contributed by atoms with Crippen molar-refractivity contribution < 1.29 is 4.74 Å². The molecule has 3 nitrogen and oxygen atoms in total. The molecule has 0 aromatic heterocycles. The van der Waals surface area contributed by atoms with E-state index in [-0.39, 0.29) is 11.6 Å². The smallest absolute Gasteiger partial charge is 0.0694 e. The van der Waals surface area contributed by atoms with Gasteiger partial charge in [-0.05, 0) is 49.8 Å². The van der Waals surface area contributed by atoms with Gasteiger partial charge in [0.25, 0.3) is 0 Å². The van der Waals surface area contributed by atoms with Crippen molar-refractivity contribution in [2.45, 2.75) is 43.7 Å². The predicted molar refractivity (Wildman–Crippen MR) is 82.2 cm³/mol. The number of nitrogens with two attached hydrogens (primary N) is 1. The van der Waals surface area contributed by atoms with Gasteiger partial charge in [-0.2, -0.15) is 0 Å². The highest BCUT2D eigenvalue weighted by molar-refractivity contribution is 9.10. The van der Waals surface area contributed by atoms with Gasteiger partial charge < -0.3 is 4.74 Å². The van der Waals surface area contributed by atoms with E-state index in [0.29, 0.717) is 0 Å². The third kappa shape index (κ3) is 3.70. The Kier molecular flexibility index (Phi) is 5.26. The summed E-state index contributed by atoms with van der Waals surface area (Å²) in [6.45, 7) is 0. The highest BCUT2D eigenvalue weighted by Gasteiger charge is 2.38. The van der Waals surface area contributed by atoms with Gasteiger partial charge in [-0.3, -0.25) is 11.3 Å².